The predicted molar refractivity (Wildman–Crippen MR) is 105 cm³/mol. The molecule has 0 radical (unpaired) electrons. The molecule has 0 N–H and O–H groups in total. The second kappa shape index (κ2) is 7.96. The zero-order chi connectivity index (χ0) is 19.4. The van der Waals surface area contributed by atoms with Crippen LogP contribution in [0, 0.1) is 0 Å². The zero-order valence-corrected chi connectivity index (χ0v) is 16.5. The molecule has 1 unspecified atom stereocenters. The minimum Gasteiger partial charge on any atom is -0.454 e. The molecule has 1 aliphatic heterocycles. The van der Waals surface area contributed by atoms with Crippen molar-refractivity contribution in [1.82, 2.24) is 4.90 Å². The topological polar surface area (TPSA) is 55.8 Å². The van der Waals surface area contributed by atoms with Crippen LogP contribution in [0.25, 0.3) is 0 Å². The Morgan fingerprint density at radius 1 is 1.11 bits per heavy atom. The van der Waals surface area contributed by atoms with E-state index in [1.807, 2.05) is 57.2 Å². The van der Waals surface area contributed by atoms with Gasteiger partial charge in [0.25, 0.3) is 0 Å². The van der Waals surface area contributed by atoms with Crippen molar-refractivity contribution < 1.29 is 18.5 Å². The minimum atomic E-state index is -1.36. The lowest BCUT2D eigenvalue weighted by atomic mass is 10.0. The maximum absolute atomic E-state index is 12.8. The highest BCUT2D eigenvalue weighted by molar-refractivity contribution is 7.88. The van der Waals surface area contributed by atoms with Crippen LogP contribution in [0.3, 0.4) is 0 Å². The number of amides is 1. The van der Waals surface area contributed by atoms with Crippen molar-refractivity contribution in [2.75, 3.05) is 6.79 Å². The highest BCUT2D eigenvalue weighted by atomic mass is 32.2. The van der Waals surface area contributed by atoms with Gasteiger partial charge in [-0.1, -0.05) is 24.3 Å². The first-order valence-corrected chi connectivity index (χ1v) is 9.90. The molecule has 1 atom stereocenters. The van der Waals surface area contributed by atoms with Gasteiger partial charge in [0.2, 0.25) is 12.7 Å². The van der Waals surface area contributed by atoms with E-state index in [1.165, 1.54) is 11.5 Å². The number of rotatable bonds is 5. The number of ether oxygens (including phenoxy) is 2. The van der Waals surface area contributed by atoms with Gasteiger partial charge in [-0.25, -0.2) is 4.21 Å². The lowest BCUT2D eigenvalue weighted by Crippen LogP contribution is -2.44. The lowest BCUT2D eigenvalue weighted by Gasteiger charge is -2.35. The predicted octanol–water partition coefficient (Wildman–Crippen LogP) is 3.86. The van der Waals surface area contributed by atoms with Crippen molar-refractivity contribution in [3.05, 3.63) is 65.6 Å². The Hall–Kier alpha value is -2.60. The summed E-state index contributed by atoms with van der Waals surface area (Å²) >= 11 is 0. The van der Waals surface area contributed by atoms with Gasteiger partial charge in [0, 0.05) is 28.5 Å². The largest absolute Gasteiger partial charge is 0.454 e. The Kier molecular flexibility index (Phi) is 5.65. The molecule has 0 fully saturated rings. The van der Waals surface area contributed by atoms with Crippen LogP contribution in [-0.4, -0.2) is 27.3 Å². The molecule has 27 heavy (non-hydrogen) atoms. The van der Waals surface area contributed by atoms with Crippen LogP contribution in [-0.2, 0) is 22.1 Å². The molecular formula is C21H23NO4S. The number of nitrogens with zero attached hydrogens (tertiary/aromatic N) is 1. The van der Waals surface area contributed by atoms with Crippen molar-refractivity contribution in [1.29, 1.82) is 0 Å². The molecule has 0 spiro atoms. The van der Waals surface area contributed by atoms with Crippen LogP contribution in [0.1, 0.15) is 26.3 Å². The lowest BCUT2D eigenvalue weighted by molar-refractivity contribution is -0.131. The quantitative estimate of drug-likeness (QED) is 0.734. The Labute approximate surface area is 162 Å². The van der Waals surface area contributed by atoms with Crippen LogP contribution in [0.2, 0.25) is 0 Å². The third kappa shape index (κ3) is 4.77. The summed E-state index contributed by atoms with van der Waals surface area (Å²) in [6.07, 6.45) is 1.39. The monoisotopic (exact) mass is 385 g/mol. The number of fused-ring (bicyclic) bond motifs is 1. The summed E-state index contributed by atoms with van der Waals surface area (Å²) < 4.78 is 23.1. The number of hydrogen-bond acceptors (Lipinski definition) is 4. The molecule has 3 rings (SSSR count). The van der Waals surface area contributed by atoms with E-state index in [0.717, 1.165) is 5.56 Å². The molecule has 1 amide bonds. The van der Waals surface area contributed by atoms with Crippen LogP contribution < -0.4 is 9.47 Å². The Balaban J connectivity index is 1.75. The molecule has 2 aromatic rings. The molecular weight excluding hydrogens is 362 g/mol. The molecule has 0 aliphatic carbocycles. The van der Waals surface area contributed by atoms with Gasteiger partial charge < -0.3 is 14.4 Å². The molecule has 6 heteroatoms. The minimum absolute atomic E-state index is 0.190. The van der Waals surface area contributed by atoms with Crippen LogP contribution in [0.15, 0.2) is 64.9 Å². The van der Waals surface area contributed by atoms with E-state index in [9.17, 15) is 9.00 Å². The molecule has 2 aromatic carbocycles. The molecule has 0 aromatic heterocycles. The van der Waals surface area contributed by atoms with Gasteiger partial charge >= 0.3 is 0 Å². The van der Waals surface area contributed by atoms with E-state index in [4.69, 9.17) is 9.47 Å². The highest BCUT2D eigenvalue weighted by Gasteiger charge is 2.26. The SMILES string of the molecule is CC(C)(C)N(Cc1ccc2c(c1)OCO2)C(=O)/C=C\S(=O)c1ccccc1. The fourth-order valence-corrected chi connectivity index (χ4v) is 3.53. The highest BCUT2D eigenvalue weighted by Crippen LogP contribution is 2.33. The van der Waals surface area contributed by atoms with Crippen molar-refractivity contribution in [2.24, 2.45) is 0 Å². The summed E-state index contributed by atoms with van der Waals surface area (Å²) in [5.41, 5.74) is 0.548. The number of carbonyl (C=O) groups excluding carboxylic acids is 1. The first-order valence-electron chi connectivity index (χ1n) is 8.68. The first-order chi connectivity index (χ1) is 12.8. The number of benzene rings is 2. The van der Waals surface area contributed by atoms with Crippen molar-refractivity contribution in [3.8, 4) is 11.5 Å². The fourth-order valence-electron chi connectivity index (χ4n) is 2.71. The average molecular weight is 385 g/mol. The van der Waals surface area contributed by atoms with Gasteiger partial charge in [0.05, 0.1) is 10.8 Å². The molecule has 1 heterocycles. The summed E-state index contributed by atoms with van der Waals surface area (Å²) in [5, 5.41) is 1.44. The van der Waals surface area contributed by atoms with E-state index in [0.29, 0.717) is 22.9 Å². The molecule has 142 valence electrons. The Morgan fingerprint density at radius 3 is 2.52 bits per heavy atom. The third-order valence-electron chi connectivity index (χ3n) is 4.16. The van der Waals surface area contributed by atoms with E-state index in [2.05, 4.69) is 0 Å². The van der Waals surface area contributed by atoms with Crippen molar-refractivity contribution in [3.63, 3.8) is 0 Å². The fraction of sp³-hybridized carbons (Fsp3) is 0.286. The maximum atomic E-state index is 12.8. The van der Waals surface area contributed by atoms with Gasteiger partial charge in [-0.3, -0.25) is 4.79 Å². The molecule has 0 saturated carbocycles. The standard InChI is InChI=1S/C21H23NO4S/c1-21(2,3)22(14-16-9-10-18-19(13-16)26-15-25-18)20(23)11-12-27(24)17-7-5-4-6-8-17/h4-13H,14-15H2,1-3H3/b12-11-. The molecule has 0 saturated heterocycles. The van der Waals surface area contributed by atoms with E-state index >= 15 is 0 Å². The number of carbonyl (C=O) groups is 1. The van der Waals surface area contributed by atoms with E-state index in [1.54, 1.807) is 17.0 Å². The second-order valence-corrected chi connectivity index (χ2v) is 8.53. The summed E-state index contributed by atoms with van der Waals surface area (Å²) in [4.78, 5) is 15.2. The van der Waals surface area contributed by atoms with Gasteiger partial charge in [-0.15, -0.1) is 0 Å². The van der Waals surface area contributed by atoms with Crippen LogP contribution >= 0.6 is 0 Å². The smallest absolute Gasteiger partial charge is 0.247 e. The second-order valence-electron chi connectivity index (χ2n) is 7.20. The van der Waals surface area contributed by atoms with Crippen LogP contribution in [0.5, 0.6) is 11.5 Å². The van der Waals surface area contributed by atoms with E-state index < -0.39 is 16.3 Å². The zero-order valence-electron chi connectivity index (χ0n) is 15.7. The third-order valence-corrected chi connectivity index (χ3v) is 5.28. The van der Waals surface area contributed by atoms with Gasteiger partial charge in [0.15, 0.2) is 11.5 Å². The van der Waals surface area contributed by atoms with Crippen molar-refractivity contribution >= 4 is 16.7 Å². The molecule has 5 nitrogen and oxygen atoms in total. The Morgan fingerprint density at radius 2 is 1.81 bits per heavy atom. The van der Waals surface area contributed by atoms with E-state index in [-0.39, 0.29) is 12.7 Å². The van der Waals surface area contributed by atoms with Gasteiger partial charge in [-0.2, -0.15) is 0 Å². The van der Waals surface area contributed by atoms with Crippen molar-refractivity contribution in [2.45, 2.75) is 37.8 Å². The summed E-state index contributed by atoms with van der Waals surface area (Å²) in [6, 6.07) is 14.7. The summed E-state index contributed by atoms with van der Waals surface area (Å²) in [7, 11) is -1.36. The van der Waals surface area contributed by atoms with Crippen LogP contribution in [0.4, 0.5) is 0 Å². The first kappa shape index (κ1) is 19.2. The Bertz CT molecular complexity index is 871. The van der Waals surface area contributed by atoms with Gasteiger partial charge in [0.1, 0.15) is 0 Å². The molecule has 0 bridgehead atoms. The maximum Gasteiger partial charge on any atom is 0.247 e. The summed E-state index contributed by atoms with van der Waals surface area (Å²) in [6.45, 7) is 6.55. The molecule has 1 aliphatic rings. The summed E-state index contributed by atoms with van der Waals surface area (Å²) in [5.74, 6) is 1.21. The average Bonchev–Trinajstić information content (AvgIpc) is 3.11. The number of hydrogen-bond donors (Lipinski definition) is 0. The normalized spacial score (nSPS) is 14.3. The van der Waals surface area contributed by atoms with Gasteiger partial charge in [-0.05, 0) is 50.6 Å².